The number of benzene rings is 1. The highest BCUT2D eigenvalue weighted by atomic mass is 32.1. The fourth-order valence-corrected chi connectivity index (χ4v) is 4.21. The van der Waals surface area contributed by atoms with Crippen LogP contribution in [0, 0.1) is 0 Å². The number of carbonyl (C=O) groups excluding carboxylic acids is 2. The van der Waals surface area contributed by atoms with E-state index in [2.05, 4.69) is 10.3 Å². The molecule has 0 aliphatic heterocycles. The number of rotatable bonds is 8. The Hall–Kier alpha value is -2.71. The number of thiophene rings is 1. The molecule has 8 heteroatoms. The Morgan fingerprint density at radius 1 is 1.14 bits per heavy atom. The Balaban J connectivity index is 1.76. The second-order valence-corrected chi connectivity index (χ2v) is 7.59. The lowest BCUT2D eigenvalue weighted by atomic mass is 10.2. The van der Waals surface area contributed by atoms with Gasteiger partial charge in [-0.3, -0.25) is 14.9 Å². The molecule has 146 valence electrons. The fourth-order valence-electron chi connectivity index (χ4n) is 2.50. The zero-order chi connectivity index (χ0) is 19.9. The van der Waals surface area contributed by atoms with Crippen LogP contribution in [-0.4, -0.2) is 30.1 Å². The molecule has 1 amide bonds. The molecular weight excluding hydrogens is 396 g/mol. The van der Waals surface area contributed by atoms with E-state index in [4.69, 9.17) is 9.47 Å². The first-order chi connectivity index (χ1) is 13.6. The number of hydrogen-bond acceptors (Lipinski definition) is 7. The minimum Gasteiger partial charge on any atom is -0.492 e. The molecule has 1 N–H and O–H groups in total. The number of esters is 1. The van der Waals surface area contributed by atoms with Gasteiger partial charge in [0.15, 0.2) is 5.13 Å². The number of anilines is 1. The van der Waals surface area contributed by atoms with Crippen molar-refractivity contribution in [3.63, 3.8) is 0 Å². The minimum absolute atomic E-state index is 0.0849. The van der Waals surface area contributed by atoms with Crippen LogP contribution in [0.25, 0.3) is 10.4 Å². The molecule has 28 heavy (non-hydrogen) atoms. The van der Waals surface area contributed by atoms with E-state index in [9.17, 15) is 9.59 Å². The number of aromatic nitrogens is 1. The van der Waals surface area contributed by atoms with E-state index in [-0.39, 0.29) is 18.3 Å². The summed E-state index contributed by atoms with van der Waals surface area (Å²) >= 11 is 2.64. The highest BCUT2D eigenvalue weighted by Crippen LogP contribution is 2.37. The number of hydrogen-bond donors (Lipinski definition) is 1. The van der Waals surface area contributed by atoms with Crippen molar-refractivity contribution in [2.45, 2.75) is 20.3 Å². The van der Waals surface area contributed by atoms with Gasteiger partial charge < -0.3 is 9.47 Å². The monoisotopic (exact) mass is 416 g/mol. The molecule has 0 aliphatic carbocycles. The summed E-state index contributed by atoms with van der Waals surface area (Å²) in [4.78, 5) is 30.1. The third-order valence-electron chi connectivity index (χ3n) is 3.67. The molecule has 0 bridgehead atoms. The predicted octanol–water partition coefficient (Wildman–Crippen LogP) is 4.63. The van der Waals surface area contributed by atoms with Crippen LogP contribution in [0.2, 0.25) is 0 Å². The molecular formula is C20H20N2O4S2. The van der Waals surface area contributed by atoms with Gasteiger partial charge in [-0.2, -0.15) is 0 Å². The van der Waals surface area contributed by atoms with Crippen LogP contribution in [0.15, 0.2) is 41.8 Å². The molecule has 0 unspecified atom stereocenters. The molecule has 0 saturated heterocycles. The largest absolute Gasteiger partial charge is 0.492 e. The van der Waals surface area contributed by atoms with Crippen molar-refractivity contribution in [3.8, 4) is 16.2 Å². The van der Waals surface area contributed by atoms with Crippen LogP contribution < -0.4 is 10.1 Å². The average Bonchev–Trinajstić information content (AvgIpc) is 3.30. The van der Waals surface area contributed by atoms with Gasteiger partial charge in [-0.15, -0.1) is 22.7 Å². The van der Waals surface area contributed by atoms with E-state index in [0.717, 1.165) is 10.4 Å². The molecule has 1 aromatic carbocycles. The predicted molar refractivity (Wildman–Crippen MR) is 111 cm³/mol. The molecule has 0 spiro atoms. The molecule has 0 atom stereocenters. The van der Waals surface area contributed by atoms with E-state index >= 15 is 0 Å². The lowest BCUT2D eigenvalue weighted by Crippen LogP contribution is -2.12. The fraction of sp³-hybridized carbons (Fsp3) is 0.250. The van der Waals surface area contributed by atoms with Crippen LogP contribution in [0.5, 0.6) is 5.75 Å². The van der Waals surface area contributed by atoms with Gasteiger partial charge >= 0.3 is 5.97 Å². The topological polar surface area (TPSA) is 77.5 Å². The van der Waals surface area contributed by atoms with Gasteiger partial charge in [0, 0.05) is 10.3 Å². The van der Waals surface area contributed by atoms with Gasteiger partial charge in [0.25, 0.3) is 5.91 Å². The molecule has 0 saturated carbocycles. The third-order valence-corrected chi connectivity index (χ3v) is 5.64. The SMILES string of the molecule is CCOC(=O)Cc1csc(NC(=O)c2sc(-c3ccccc3)cc2OCC)n1. The van der Waals surface area contributed by atoms with Gasteiger partial charge in [0.05, 0.1) is 25.3 Å². The summed E-state index contributed by atoms with van der Waals surface area (Å²) in [5.41, 5.74) is 1.60. The summed E-state index contributed by atoms with van der Waals surface area (Å²) in [7, 11) is 0. The van der Waals surface area contributed by atoms with Crippen molar-refractivity contribution in [1.82, 2.24) is 4.98 Å². The molecule has 2 heterocycles. The maximum Gasteiger partial charge on any atom is 0.311 e. The van der Waals surface area contributed by atoms with E-state index in [1.54, 1.807) is 12.3 Å². The third kappa shape index (κ3) is 4.96. The van der Waals surface area contributed by atoms with Gasteiger partial charge in [-0.1, -0.05) is 30.3 Å². The first-order valence-corrected chi connectivity index (χ1v) is 10.5. The standard InChI is InChI=1S/C20H20N2O4S2/c1-3-25-15-11-16(13-8-6-5-7-9-13)28-18(15)19(24)22-20-21-14(12-27-20)10-17(23)26-4-2/h5-9,11-12H,3-4,10H2,1-2H3,(H,21,22,24). The number of thiazole rings is 1. The van der Waals surface area contributed by atoms with Crippen LogP contribution >= 0.6 is 22.7 Å². The second kappa shape index (κ2) is 9.48. The summed E-state index contributed by atoms with van der Waals surface area (Å²) in [5.74, 6) is -0.0742. The number of nitrogens with one attached hydrogen (secondary N) is 1. The van der Waals surface area contributed by atoms with Gasteiger partial charge in [0.1, 0.15) is 10.6 Å². The molecule has 0 fully saturated rings. The second-order valence-electron chi connectivity index (χ2n) is 5.68. The Labute approximate surface area is 171 Å². The van der Waals surface area contributed by atoms with Crippen molar-refractivity contribution in [1.29, 1.82) is 0 Å². The van der Waals surface area contributed by atoms with E-state index in [1.807, 2.05) is 43.3 Å². The molecule has 3 rings (SSSR count). The first-order valence-electron chi connectivity index (χ1n) is 8.84. The Kier molecular flexibility index (Phi) is 6.78. The molecule has 0 radical (unpaired) electrons. The summed E-state index contributed by atoms with van der Waals surface area (Å²) in [5, 5.41) is 4.96. The Morgan fingerprint density at radius 3 is 2.64 bits per heavy atom. The number of amides is 1. The molecule has 2 aromatic heterocycles. The smallest absolute Gasteiger partial charge is 0.311 e. The summed E-state index contributed by atoms with van der Waals surface area (Å²) < 4.78 is 10.6. The normalized spacial score (nSPS) is 10.5. The number of ether oxygens (including phenoxy) is 2. The van der Waals surface area contributed by atoms with Crippen molar-refractivity contribution in [2.24, 2.45) is 0 Å². The zero-order valence-electron chi connectivity index (χ0n) is 15.6. The maximum absolute atomic E-state index is 12.8. The number of nitrogens with zero attached hydrogens (tertiary/aromatic N) is 1. The first kappa shape index (κ1) is 20.0. The van der Waals surface area contributed by atoms with Crippen LogP contribution in [0.4, 0.5) is 5.13 Å². The average molecular weight is 417 g/mol. The van der Waals surface area contributed by atoms with E-state index in [0.29, 0.717) is 34.7 Å². The lowest BCUT2D eigenvalue weighted by Gasteiger charge is -2.04. The van der Waals surface area contributed by atoms with Crippen LogP contribution in [0.3, 0.4) is 0 Å². The van der Waals surface area contributed by atoms with Crippen LogP contribution in [-0.2, 0) is 16.0 Å². The van der Waals surface area contributed by atoms with Gasteiger partial charge in [-0.25, -0.2) is 4.98 Å². The Morgan fingerprint density at radius 2 is 1.93 bits per heavy atom. The molecule has 6 nitrogen and oxygen atoms in total. The highest BCUT2D eigenvalue weighted by molar-refractivity contribution is 7.18. The van der Waals surface area contributed by atoms with Crippen molar-refractivity contribution >= 4 is 39.7 Å². The van der Waals surface area contributed by atoms with Crippen molar-refractivity contribution in [3.05, 3.63) is 52.3 Å². The quantitative estimate of drug-likeness (QED) is 0.542. The summed E-state index contributed by atoms with van der Waals surface area (Å²) in [6.07, 6.45) is 0.0849. The number of carbonyl (C=O) groups is 2. The zero-order valence-corrected chi connectivity index (χ0v) is 17.2. The van der Waals surface area contributed by atoms with E-state index in [1.165, 1.54) is 22.7 Å². The highest BCUT2D eigenvalue weighted by Gasteiger charge is 2.20. The summed E-state index contributed by atoms with van der Waals surface area (Å²) in [6.45, 7) is 4.43. The minimum atomic E-state index is -0.338. The maximum atomic E-state index is 12.8. The van der Waals surface area contributed by atoms with Gasteiger partial charge in [0.2, 0.25) is 0 Å². The lowest BCUT2D eigenvalue weighted by molar-refractivity contribution is -0.142. The summed E-state index contributed by atoms with van der Waals surface area (Å²) in [6, 6.07) is 11.7. The van der Waals surface area contributed by atoms with Crippen LogP contribution in [0.1, 0.15) is 29.2 Å². The van der Waals surface area contributed by atoms with Crippen molar-refractivity contribution in [2.75, 3.05) is 18.5 Å². The van der Waals surface area contributed by atoms with E-state index < -0.39 is 0 Å². The van der Waals surface area contributed by atoms with Gasteiger partial charge in [-0.05, 0) is 25.5 Å². The van der Waals surface area contributed by atoms with Crippen molar-refractivity contribution < 1.29 is 19.1 Å². The Bertz CT molecular complexity index is 950. The molecule has 0 aliphatic rings. The molecule has 3 aromatic rings.